The van der Waals surface area contributed by atoms with Crippen molar-refractivity contribution >= 4 is 28.7 Å². The summed E-state index contributed by atoms with van der Waals surface area (Å²) >= 11 is 3.46. The van der Waals surface area contributed by atoms with E-state index in [0.717, 1.165) is 34.7 Å². The number of aliphatic imine (C=N–C) groups is 1. The minimum atomic E-state index is 0.859. The minimum Gasteiger partial charge on any atom is -0.495 e. The van der Waals surface area contributed by atoms with Crippen molar-refractivity contribution in [3.05, 3.63) is 24.0 Å². The van der Waals surface area contributed by atoms with Gasteiger partial charge in [-0.25, -0.2) is 0 Å². The van der Waals surface area contributed by atoms with E-state index >= 15 is 0 Å². The zero-order chi connectivity index (χ0) is 13.2. The van der Waals surface area contributed by atoms with E-state index in [-0.39, 0.29) is 0 Å². The van der Waals surface area contributed by atoms with Crippen LogP contribution in [0.5, 0.6) is 5.75 Å². The Morgan fingerprint density at radius 2 is 2.39 bits per heavy atom. The zero-order valence-corrected chi connectivity index (χ0v) is 12.6. The van der Waals surface area contributed by atoms with E-state index < -0.39 is 0 Å². The van der Waals surface area contributed by atoms with Gasteiger partial charge < -0.3 is 10.1 Å². The first-order valence-corrected chi connectivity index (χ1v) is 8.00. The number of hydrogen-bond acceptors (Lipinski definition) is 5. The normalized spacial score (nSPS) is 11.4. The van der Waals surface area contributed by atoms with Gasteiger partial charge in [-0.2, -0.15) is 11.8 Å². The molecule has 0 unspecified atom stereocenters. The molecule has 6 heteroatoms. The first-order chi connectivity index (χ1) is 8.81. The standard InChI is InChI=1S/C12H19N3OS2/c1-13-12(17-3)15-7-8-18-9-10-11(16-2)5-4-6-14-10/h4-6H,7-9H2,1-3H3,(H,13,15). The van der Waals surface area contributed by atoms with E-state index in [4.69, 9.17) is 4.74 Å². The Bertz CT molecular complexity index is 385. The number of nitrogens with one attached hydrogen (secondary N) is 1. The molecule has 100 valence electrons. The van der Waals surface area contributed by atoms with Crippen molar-refractivity contribution in [3.63, 3.8) is 0 Å². The number of nitrogens with zero attached hydrogens (tertiary/aromatic N) is 2. The Labute approximate surface area is 117 Å². The number of ether oxygens (including phenoxy) is 1. The van der Waals surface area contributed by atoms with E-state index in [1.54, 1.807) is 32.1 Å². The summed E-state index contributed by atoms with van der Waals surface area (Å²) in [6, 6.07) is 3.83. The van der Waals surface area contributed by atoms with E-state index in [9.17, 15) is 0 Å². The third-order valence-corrected chi connectivity index (χ3v) is 3.91. The largest absolute Gasteiger partial charge is 0.495 e. The van der Waals surface area contributed by atoms with Gasteiger partial charge in [-0.1, -0.05) is 11.8 Å². The van der Waals surface area contributed by atoms with Crippen molar-refractivity contribution in [2.45, 2.75) is 5.75 Å². The topological polar surface area (TPSA) is 46.5 Å². The molecule has 0 aromatic carbocycles. The maximum Gasteiger partial charge on any atom is 0.156 e. The fourth-order valence-electron chi connectivity index (χ4n) is 1.36. The molecule has 1 rings (SSSR count). The van der Waals surface area contributed by atoms with Crippen molar-refractivity contribution in [2.75, 3.05) is 32.7 Å². The van der Waals surface area contributed by atoms with Crippen LogP contribution in [-0.2, 0) is 5.75 Å². The molecule has 0 bridgehead atoms. The quantitative estimate of drug-likeness (QED) is 0.493. The molecule has 0 aliphatic heterocycles. The SMILES string of the molecule is CN=C(NCCSCc1ncccc1OC)SC. The number of pyridine rings is 1. The van der Waals surface area contributed by atoms with Crippen molar-refractivity contribution in [3.8, 4) is 5.75 Å². The highest BCUT2D eigenvalue weighted by Crippen LogP contribution is 2.19. The highest BCUT2D eigenvalue weighted by atomic mass is 32.2. The number of aromatic nitrogens is 1. The van der Waals surface area contributed by atoms with Gasteiger partial charge in [0.2, 0.25) is 0 Å². The summed E-state index contributed by atoms with van der Waals surface area (Å²) in [6.07, 6.45) is 3.81. The van der Waals surface area contributed by atoms with E-state index in [2.05, 4.69) is 15.3 Å². The summed E-state index contributed by atoms with van der Waals surface area (Å²) in [5.74, 6) is 2.74. The second-order valence-corrected chi connectivity index (χ2v) is 5.26. The Morgan fingerprint density at radius 1 is 1.56 bits per heavy atom. The fourth-order valence-corrected chi connectivity index (χ4v) is 2.59. The Hall–Kier alpha value is -0.880. The van der Waals surface area contributed by atoms with Gasteiger partial charge in [0.1, 0.15) is 5.75 Å². The third-order valence-electron chi connectivity index (χ3n) is 2.23. The molecule has 1 heterocycles. The van der Waals surface area contributed by atoms with Crippen molar-refractivity contribution in [1.82, 2.24) is 10.3 Å². The number of thioether (sulfide) groups is 2. The molecule has 0 fully saturated rings. The molecule has 18 heavy (non-hydrogen) atoms. The monoisotopic (exact) mass is 285 g/mol. The van der Waals surface area contributed by atoms with E-state index in [1.807, 2.05) is 30.2 Å². The van der Waals surface area contributed by atoms with Crippen LogP contribution in [0.4, 0.5) is 0 Å². The molecular weight excluding hydrogens is 266 g/mol. The van der Waals surface area contributed by atoms with Gasteiger partial charge in [0.25, 0.3) is 0 Å². The van der Waals surface area contributed by atoms with Gasteiger partial charge in [-0.15, -0.1) is 0 Å². The number of rotatable bonds is 6. The van der Waals surface area contributed by atoms with Gasteiger partial charge in [-0.3, -0.25) is 9.98 Å². The number of methoxy groups -OCH3 is 1. The number of hydrogen-bond donors (Lipinski definition) is 1. The van der Waals surface area contributed by atoms with Crippen LogP contribution in [0.1, 0.15) is 5.69 Å². The van der Waals surface area contributed by atoms with Crippen LogP contribution in [0, 0.1) is 0 Å². The smallest absolute Gasteiger partial charge is 0.156 e. The fraction of sp³-hybridized carbons (Fsp3) is 0.500. The first-order valence-electron chi connectivity index (χ1n) is 5.62. The van der Waals surface area contributed by atoms with Crippen LogP contribution in [-0.4, -0.2) is 42.9 Å². The second-order valence-electron chi connectivity index (χ2n) is 3.36. The molecule has 0 atom stereocenters. The van der Waals surface area contributed by atoms with Crippen LogP contribution in [0.25, 0.3) is 0 Å². The van der Waals surface area contributed by atoms with Gasteiger partial charge >= 0.3 is 0 Å². The molecule has 0 saturated carbocycles. The van der Waals surface area contributed by atoms with Crippen molar-refractivity contribution < 1.29 is 4.74 Å². The van der Waals surface area contributed by atoms with Crippen LogP contribution in [0.15, 0.2) is 23.3 Å². The Morgan fingerprint density at radius 3 is 3.06 bits per heavy atom. The van der Waals surface area contributed by atoms with Crippen LogP contribution >= 0.6 is 23.5 Å². The molecule has 0 aliphatic carbocycles. The number of amidine groups is 1. The van der Waals surface area contributed by atoms with E-state index in [1.165, 1.54) is 0 Å². The second kappa shape index (κ2) is 9.10. The average Bonchev–Trinajstić information content (AvgIpc) is 2.43. The molecule has 0 radical (unpaired) electrons. The summed E-state index contributed by atoms with van der Waals surface area (Å²) in [4.78, 5) is 8.44. The predicted octanol–water partition coefficient (Wildman–Crippen LogP) is 2.26. The molecule has 1 aromatic rings. The summed E-state index contributed by atoms with van der Waals surface area (Å²) in [6.45, 7) is 0.910. The minimum absolute atomic E-state index is 0.859. The summed E-state index contributed by atoms with van der Waals surface area (Å²) in [5.41, 5.74) is 0.999. The van der Waals surface area contributed by atoms with Crippen LogP contribution in [0.2, 0.25) is 0 Å². The summed E-state index contributed by atoms with van der Waals surface area (Å²) in [5, 5.41) is 4.25. The molecule has 4 nitrogen and oxygen atoms in total. The molecule has 1 aromatic heterocycles. The van der Waals surface area contributed by atoms with Crippen molar-refractivity contribution in [1.29, 1.82) is 0 Å². The van der Waals surface area contributed by atoms with E-state index in [0.29, 0.717) is 0 Å². The lowest BCUT2D eigenvalue weighted by Gasteiger charge is -2.08. The third kappa shape index (κ3) is 5.18. The molecule has 0 aliphatic rings. The molecule has 1 N–H and O–H groups in total. The van der Waals surface area contributed by atoms with Crippen molar-refractivity contribution in [2.24, 2.45) is 4.99 Å². The lowest BCUT2D eigenvalue weighted by molar-refractivity contribution is 0.409. The van der Waals surface area contributed by atoms with Gasteiger partial charge in [0.15, 0.2) is 5.17 Å². The summed E-state index contributed by atoms with van der Waals surface area (Å²) < 4.78 is 5.26. The average molecular weight is 285 g/mol. The molecular formula is C12H19N3OS2. The lowest BCUT2D eigenvalue weighted by Crippen LogP contribution is -2.22. The van der Waals surface area contributed by atoms with Gasteiger partial charge in [0.05, 0.1) is 12.8 Å². The molecule has 0 saturated heterocycles. The maximum atomic E-state index is 5.26. The molecule has 0 amide bonds. The lowest BCUT2D eigenvalue weighted by atomic mass is 10.3. The Kier molecular flexibility index (Phi) is 7.68. The van der Waals surface area contributed by atoms with Crippen LogP contribution in [0.3, 0.4) is 0 Å². The highest BCUT2D eigenvalue weighted by Gasteiger charge is 2.03. The zero-order valence-electron chi connectivity index (χ0n) is 11.0. The first kappa shape index (κ1) is 15.2. The predicted molar refractivity (Wildman–Crippen MR) is 81.8 cm³/mol. The maximum absolute atomic E-state index is 5.26. The highest BCUT2D eigenvalue weighted by molar-refractivity contribution is 8.13. The Balaban J connectivity index is 2.25. The van der Waals surface area contributed by atoms with Gasteiger partial charge in [0, 0.05) is 31.3 Å². The summed E-state index contributed by atoms with van der Waals surface area (Å²) in [7, 11) is 3.47. The molecule has 0 spiro atoms. The van der Waals surface area contributed by atoms with Crippen LogP contribution < -0.4 is 10.1 Å². The van der Waals surface area contributed by atoms with Gasteiger partial charge in [-0.05, 0) is 18.4 Å².